The Morgan fingerprint density at radius 1 is 0.951 bits per heavy atom. The lowest BCUT2D eigenvalue weighted by molar-refractivity contribution is -0.134. The third-order valence-corrected chi connectivity index (χ3v) is 7.13. The fraction of sp³-hybridized carbons (Fsp3) is 0.321. The number of hydrogen-bond donors (Lipinski definition) is 2. The Morgan fingerprint density at radius 2 is 1.63 bits per heavy atom. The van der Waals surface area contributed by atoms with E-state index in [0.29, 0.717) is 28.7 Å². The van der Waals surface area contributed by atoms with Gasteiger partial charge in [0, 0.05) is 73.2 Å². The van der Waals surface area contributed by atoms with Crippen molar-refractivity contribution in [3.8, 4) is 5.69 Å². The predicted molar refractivity (Wildman–Crippen MR) is 155 cm³/mol. The van der Waals surface area contributed by atoms with Gasteiger partial charge in [-0.05, 0) is 24.3 Å². The van der Waals surface area contributed by atoms with Crippen molar-refractivity contribution in [1.82, 2.24) is 24.6 Å². The quantitative estimate of drug-likeness (QED) is 0.373. The number of rotatable bonds is 8. The Hall–Kier alpha value is -3.61. The number of benzene rings is 2. The summed E-state index contributed by atoms with van der Waals surface area (Å²) in [6.07, 6.45) is 1.12. The zero-order valence-corrected chi connectivity index (χ0v) is 23.9. The summed E-state index contributed by atoms with van der Waals surface area (Å²) in [7, 11) is 1.75. The van der Waals surface area contributed by atoms with E-state index in [4.69, 9.17) is 43.1 Å². The second-order valence-corrected chi connectivity index (χ2v) is 10.1. The summed E-state index contributed by atoms with van der Waals surface area (Å²) in [5.74, 6) is -0.788. The van der Waals surface area contributed by atoms with Gasteiger partial charge in [-0.2, -0.15) is 0 Å². The van der Waals surface area contributed by atoms with Crippen molar-refractivity contribution in [2.75, 3.05) is 46.4 Å². The maximum Gasteiger partial charge on any atom is 0.328 e. The van der Waals surface area contributed by atoms with E-state index in [9.17, 15) is 9.59 Å². The number of piperazine rings is 1. The van der Waals surface area contributed by atoms with E-state index in [-0.39, 0.29) is 0 Å². The van der Waals surface area contributed by atoms with Crippen LogP contribution in [-0.4, -0.2) is 98.9 Å². The van der Waals surface area contributed by atoms with Crippen LogP contribution >= 0.6 is 23.2 Å². The van der Waals surface area contributed by atoms with Crippen molar-refractivity contribution in [3.63, 3.8) is 0 Å². The highest BCUT2D eigenvalue weighted by molar-refractivity contribution is 6.36. The van der Waals surface area contributed by atoms with Gasteiger partial charge < -0.3 is 14.9 Å². The molecule has 5 rings (SSSR count). The first-order valence-electron chi connectivity index (χ1n) is 12.9. The van der Waals surface area contributed by atoms with Gasteiger partial charge in [0.2, 0.25) is 0 Å². The fourth-order valence-corrected chi connectivity index (χ4v) is 4.98. The Balaban J connectivity index is 0.000000426. The SMILES string of the molecule is COCCN1CCN(Cc2nnc3n2-c2ccc(Cl)cc2C(c2ccccc2Cl)=NC3)CC1.O=C(O)/C=C/C(=O)O. The highest BCUT2D eigenvalue weighted by Gasteiger charge is 2.26. The van der Waals surface area contributed by atoms with E-state index in [1.165, 1.54) is 0 Å². The Morgan fingerprint density at radius 3 is 2.29 bits per heavy atom. The molecule has 3 heterocycles. The molecule has 13 heteroatoms. The van der Waals surface area contributed by atoms with Crippen LogP contribution in [0.3, 0.4) is 0 Å². The molecule has 0 spiro atoms. The molecule has 3 aromatic rings. The highest BCUT2D eigenvalue weighted by atomic mass is 35.5. The number of carboxylic acids is 2. The van der Waals surface area contributed by atoms with Crippen molar-refractivity contribution in [2.45, 2.75) is 13.1 Å². The first-order chi connectivity index (χ1) is 19.8. The van der Waals surface area contributed by atoms with Gasteiger partial charge in [-0.1, -0.05) is 41.4 Å². The molecule has 0 bridgehead atoms. The number of hydrogen-bond acceptors (Lipinski definition) is 8. The summed E-state index contributed by atoms with van der Waals surface area (Å²) in [4.78, 5) is 28.9. The standard InChI is InChI=1S/C24H26Cl2N6O.C4H4O4/c1-33-13-12-30-8-10-31(11-9-30)16-23-29-28-22-15-27-24(18-4-2-3-5-20(18)26)19-14-17(25)6-7-21(19)32(22)23;5-3(6)1-2-4(7)8/h2-7,14H,8-13,15-16H2,1H3;1-2H,(H,5,6)(H,7,8)/b;2-1+. The van der Waals surface area contributed by atoms with Gasteiger partial charge in [0.1, 0.15) is 6.54 Å². The van der Waals surface area contributed by atoms with Crippen LogP contribution in [0.1, 0.15) is 22.8 Å². The molecule has 2 aromatic carbocycles. The minimum Gasteiger partial charge on any atom is -0.478 e. The fourth-order valence-electron chi connectivity index (χ4n) is 4.58. The van der Waals surface area contributed by atoms with Gasteiger partial charge in [-0.3, -0.25) is 19.4 Å². The van der Waals surface area contributed by atoms with Crippen LogP contribution in [0.15, 0.2) is 59.6 Å². The number of aromatic nitrogens is 3. The highest BCUT2D eigenvalue weighted by Crippen LogP contribution is 2.30. The minimum atomic E-state index is -1.26. The summed E-state index contributed by atoms with van der Waals surface area (Å²) in [5.41, 5.74) is 3.61. The number of aliphatic carboxylic acids is 2. The number of ether oxygens (including phenoxy) is 1. The monoisotopic (exact) mass is 600 g/mol. The molecule has 0 radical (unpaired) electrons. The van der Waals surface area contributed by atoms with Gasteiger partial charge in [-0.15, -0.1) is 10.2 Å². The molecule has 0 aliphatic carbocycles. The maximum absolute atomic E-state index is 9.55. The molecule has 216 valence electrons. The topological polar surface area (TPSA) is 133 Å². The molecule has 0 unspecified atom stereocenters. The number of aliphatic imine (C=N–C) groups is 1. The lowest BCUT2D eigenvalue weighted by Crippen LogP contribution is -2.47. The molecular formula is C28H30Cl2N6O5. The molecule has 1 aromatic heterocycles. The molecule has 0 atom stereocenters. The van der Waals surface area contributed by atoms with Crippen LogP contribution in [-0.2, 0) is 27.4 Å². The summed E-state index contributed by atoms with van der Waals surface area (Å²) >= 11 is 13.0. The van der Waals surface area contributed by atoms with E-state index in [1.54, 1.807) is 7.11 Å². The molecular weight excluding hydrogens is 571 g/mol. The van der Waals surface area contributed by atoms with Crippen molar-refractivity contribution in [1.29, 1.82) is 0 Å². The van der Waals surface area contributed by atoms with Crippen LogP contribution in [0.2, 0.25) is 10.0 Å². The van der Waals surface area contributed by atoms with Gasteiger partial charge >= 0.3 is 11.9 Å². The zero-order valence-electron chi connectivity index (χ0n) is 22.4. The molecule has 2 aliphatic rings. The van der Waals surface area contributed by atoms with E-state index >= 15 is 0 Å². The summed E-state index contributed by atoms with van der Waals surface area (Å²) in [5, 5.41) is 26.0. The van der Waals surface area contributed by atoms with E-state index < -0.39 is 11.9 Å². The first-order valence-corrected chi connectivity index (χ1v) is 13.6. The van der Waals surface area contributed by atoms with Crippen molar-refractivity contribution >= 4 is 40.9 Å². The molecule has 1 saturated heterocycles. The van der Waals surface area contributed by atoms with E-state index in [2.05, 4.69) is 24.6 Å². The Kier molecular flexibility index (Phi) is 10.6. The van der Waals surface area contributed by atoms with Crippen LogP contribution in [0.25, 0.3) is 5.69 Å². The molecule has 0 amide bonds. The normalized spacial score (nSPS) is 15.3. The molecule has 41 heavy (non-hydrogen) atoms. The number of methoxy groups -OCH3 is 1. The lowest BCUT2D eigenvalue weighted by atomic mass is 10.0. The smallest absolute Gasteiger partial charge is 0.328 e. The second kappa shape index (κ2) is 14.3. The van der Waals surface area contributed by atoms with Crippen molar-refractivity contribution < 1.29 is 24.5 Å². The van der Waals surface area contributed by atoms with Crippen molar-refractivity contribution in [3.05, 3.63) is 87.4 Å². The van der Waals surface area contributed by atoms with E-state index in [1.807, 2.05) is 42.5 Å². The average Bonchev–Trinajstić information content (AvgIpc) is 3.27. The molecule has 1 fully saturated rings. The van der Waals surface area contributed by atoms with Gasteiger partial charge in [0.25, 0.3) is 0 Å². The molecule has 2 N–H and O–H groups in total. The van der Waals surface area contributed by atoms with Gasteiger partial charge in [0.05, 0.1) is 24.6 Å². The predicted octanol–water partition coefficient (Wildman–Crippen LogP) is 3.40. The van der Waals surface area contributed by atoms with Gasteiger partial charge in [0.15, 0.2) is 11.6 Å². The Bertz CT molecular complexity index is 1430. The third kappa shape index (κ3) is 7.99. The molecule has 11 nitrogen and oxygen atoms in total. The zero-order chi connectivity index (χ0) is 29.4. The number of carboxylic acid groups (broad SMARTS) is 2. The van der Waals surface area contributed by atoms with E-state index in [0.717, 1.165) is 80.1 Å². The summed E-state index contributed by atoms with van der Waals surface area (Å²) in [6, 6.07) is 13.6. The number of halogens is 2. The van der Waals surface area contributed by atoms with Crippen molar-refractivity contribution in [2.24, 2.45) is 4.99 Å². The largest absolute Gasteiger partial charge is 0.478 e. The minimum absolute atomic E-state index is 0.421. The second-order valence-electron chi connectivity index (χ2n) is 9.29. The lowest BCUT2D eigenvalue weighted by Gasteiger charge is -2.34. The Labute approximate surface area is 247 Å². The maximum atomic E-state index is 9.55. The van der Waals surface area contributed by atoms with Crippen LogP contribution < -0.4 is 0 Å². The number of carbonyl (C=O) groups is 2. The van der Waals surface area contributed by atoms with Crippen LogP contribution in [0.5, 0.6) is 0 Å². The molecule has 2 aliphatic heterocycles. The van der Waals surface area contributed by atoms with Crippen LogP contribution in [0.4, 0.5) is 0 Å². The van der Waals surface area contributed by atoms with Crippen LogP contribution in [0, 0.1) is 0 Å². The average molecular weight is 601 g/mol. The summed E-state index contributed by atoms with van der Waals surface area (Å²) in [6.45, 7) is 6.92. The third-order valence-electron chi connectivity index (χ3n) is 6.57. The summed E-state index contributed by atoms with van der Waals surface area (Å²) < 4.78 is 7.35. The molecule has 0 saturated carbocycles. The number of nitrogens with zero attached hydrogens (tertiary/aromatic N) is 6. The first kappa shape index (κ1) is 30.4. The van der Waals surface area contributed by atoms with Gasteiger partial charge in [-0.25, -0.2) is 9.59 Å². The number of fused-ring (bicyclic) bond motifs is 3.